The number of nitro groups is 1. The molecule has 0 fully saturated rings. The average molecular weight is 517 g/mol. The van der Waals surface area contributed by atoms with E-state index in [1.54, 1.807) is 24.3 Å². The van der Waals surface area contributed by atoms with Crippen molar-refractivity contribution in [1.29, 1.82) is 0 Å². The van der Waals surface area contributed by atoms with E-state index >= 15 is 0 Å². The second kappa shape index (κ2) is 12.0. The minimum absolute atomic E-state index is 0.0233. The van der Waals surface area contributed by atoms with E-state index < -0.39 is 4.92 Å². The molecule has 0 saturated heterocycles. The van der Waals surface area contributed by atoms with Crippen LogP contribution in [0, 0.1) is 17.0 Å². The lowest BCUT2D eigenvalue weighted by molar-refractivity contribution is -0.384. The Hall–Kier alpha value is -4.44. The predicted molar refractivity (Wildman–Crippen MR) is 142 cm³/mol. The fourth-order valence-electron chi connectivity index (χ4n) is 3.42. The van der Waals surface area contributed by atoms with Crippen LogP contribution in [0.4, 0.5) is 11.4 Å². The van der Waals surface area contributed by atoms with Crippen molar-refractivity contribution in [3.63, 3.8) is 0 Å². The molecule has 1 amide bonds. The molecule has 0 atom stereocenters. The Morgan fingerprint density at radius 3 is 2.41 bits per heavy atom. The van der Waals surface area contributed by atoms with Gasteiger partial charge in [0.25, 0.3) is 5.69 Å². The van der Waals surface area contributed by atoms with Crippen molar-refractivity contribution in [2.75, 3.05) is 17.7 Å². The summed E-state index contributed by atoms with van der Waals surface area (Å²) < 4.78 is 11.2. The molecule has 0 unspecified atom stereocenters. The van der Waals surface area contributed by atoms with Crippen molar-refractivity contribution in [2.45, 2.75) is 19.0 Å². The number of aromatic nitrogens is 2. The summed E-state index contributed by atoms with van der Waals surface area (Å²) in [7, 11) is 0. The van der Waals surface area contributed by atoms with Gasteiger partial charge in [-0.05, 0) is 44.2 Å². The number of nitro benzene ring substituents is 1. The number of carbonyl (C=O) groups is 1. The van der Waals surface area contributed by atoms with Crippen LogP contribution in [0.2, 0.25) is 0 Å². The van der Waals surface area contributed by atoms with E-state index in [4.69, 9.17) is 9.47 Å². The molecule has 0 aliphatic rings. The third-order valence-electron chi connectivity index (χ3n) is 4.99. The van der Waals surface area contributed by atoms with Gasteiger partial charge >= 0.3 is 0 Å². The predicted octanol–water partition coefficient (Wildman–Crippen LogP) is 6.28. The Kier molecular flexibility index (Phi) is 8.32. The number of nitrogens with zero attached hydrogens (tertiary/aromatic N) is 3. The molecule has 1 aromatic heterocycles. The number of aryl methyl sites for hydroxylation is 1. The van der Waals surface area contributed by atoms with Gasteiger partial charge in [-0.25, -0.2) is 9.97 Å². The first-order chi connectivity index (χ1) is 17.9. The first-order valence-corrected chi connectivity index (χ1v) is 12.4. The summed E-state index contributed by atoms with van der Waals surface area (Å²) in [5.74, 6) is 1.05. The Balaban J connectivity index is 1.44. The molecule has 37 heavy (non-hydrogen) atoms. The molecule has 1 heterocycles. The van der Waals surface area contributed by atoms with Gasteiger partial charge in [0.1, 0.15) is 17.2 Å². The number of thioether (sulfide) groups is 1. The highest BCUT2D eigenvalue weighted by atomic mass is 32.2. The summed E-state index contributed by atoms with van der Waals surface area (Å²) in [5, 5.41) is 14.6. The number of amides is 1. The highest BCUT2D eigenvalue weighted by Gasteiger charge is 2.14. The van der Waals surface area contributed by atoms with Crippen molar-refractivity contribution < 1.29 is 19.2 Å². The minimum Gasteiger partial charge on any atom is -0.494 e. The molecule has 0 spiro atoms. The first kappa shape index (κ1) is 25.6. The van der Waals surface area contributed by atoms with Gasteiger partial charge in [0.05, 0.1) is 34.7 Å². The number of anilines is 1. The van der Waals surface area contributed by atoms with Crippen LogP contribution in [0.3, 0.4) is 0 Å². The van der Waals surface area contributed by atoms with E-state index in [1.165, 1.54) is 30.0 Å². The molecule has 9 nitrogen and oxygen atoms in total. The zero-order valence-corrected chi connectivity index (χ0v) is 21.0. The summed E-state index contributed by atoms with van der Waals surface area (Å²) in [4.78, 5) is 32.5. The van der Waals surface area contributed by atoms with Crippen molar-refractivity contribution in [3.8, 4) is 28.5 Å². The van der Waals surface area contributed by atoms with Crippen LogP contribution in [-0.4, -0.2) is 33.2 Å². The van der Waals surface area contributed by atoms with Crippen LogP contribution >= 0.6 is 11.8 Å². The van der Waals surface area contributed by atoms with Crippen LogP contribution < -0.4 is 14.8 Å². The Morgan fingerprint density at radius 2 is 1.70 bits per heavy atom. The van der Waals surface area contributed by atoms with Crippen molar-refractivity contribution >= 4 is 29.0 Å². The summed E-state index contributed by atoms with van der Waals surface area (Å²) in [6, 6.07) is 22.6. The molecule has 0 aliphatic heterocycles. The normalized spacial score (nSPS) is 10.5. The monoisotopic (exact) mass is 516 g/mol. The zero-order chi connectivity index (χ0) is 26.2. The number of hydrogen-bond acceptors (Lipinski definition) is 8. The smallest absolute Gasteiger partial charge is 0.275 e. The van der Waals surface area contributed by atoms with Gasteiger partial charge in [-0.2, -0.15) is 0 Å². The molecular weight excluding hydrogens is 492 g/mol. The fraction of sp³-hybridized carbons (Fsp3) is 0.148. The van der Waals surface area contributed by atoms with Gasteiger partial charge in [-0.15, -0.1) is 0 Å². The molecular formula is C27H24N4O5S. The Bertz CT molecular complexity index is 1400. The van der Waals surface area contributed by atoms with Gasteiger partial charge in [0.15, 0.2) is 5.16 Å². The molecule has 0 saturated carbocycles. The Labute approximate surface area is 218 Å². The van der Waals surface area contributed by atoms with Crippen LogP contribution in [0.15, 0.2) is 84.0 Å². The molecule has 0 bridgehead atoms. The van der Waals surface area contributed by atoms with Gasteiger partial charge < -0.3 is 14.8 Å². The Morgan fingerprint density at radius 1 is 0.973 bits per heavy atom. The van der Waals surface area contributed by atoms with Crippen molar-refractivity contribution in [3.05, 3.63) is 94.7 Å². The highest BCUT2D eigenvalue weighted by Crippen LogP contribution is 2.31. The van der Waals surface area contributed by atoms with Gasteiger partial charge in [0.2, 0.25) is 5.91 Å². The lowest BCUT2D eigenvalue weighted by Gasteiger charge is -2.10. The molecule has 188 valence electrons. The van der Waals surface area contributed by atoms with E-state index in [0.717, 1.165) is 17.0 Å². The summed E-state index contributed by atoms with van der Waals surface area (Å²) in [6.45, 7) is 4.29. The van der Waals surface area contributed by atoms with Gasteiger partial charge in [-0.1, -0.05) is 42.1 Å². The molecule has 4 aromatic rings. The molecule has 1 N–H and O–H groups in total. The van der Waals surface area contributed by atoms with Crippen molar-refractivity contribution in [1.82, 2.24) is 9.97 Å². The minimum atomic E-state index is -0.541. The summed E-state index contributed by atoms with van der Waals surface area (Å²) >= 11 is 1.18. The maximum Gasteiger partial charge on any atom is 0.275 e. The fourth-order valence-corrected chi connectivity index (χ4v) is 4.12. The third kappa shape index (κ3) is 7.28. The number of ether oxygens (including phenoxy) is 2. The zero-order valence-electron chi connectivity index (χ0n) is 20.2. The van der Waals surface area contributed by atoms with Crippen molar-refractivity contribution in [2.24, 2.45) is 0 Å². The number of benzene rings is 3. The highest BCUT2D eigenvalue weighted by molar-refractivity contribution is 7.99. The largest absolute Gasteiger partial charge is 0.494 e. The van der Waals surface area contributed by atoms with Gasteiger partial charge in [0, 0.05) is 23.4 Å². The number of carbonyl (C=O) groups excluding carboxylic acids is 1. The van der Waals surface area contributed by atoms with E-state index in [1.807, 2.05) is 50.2 Å². The van der Waals surface area contributed by atoms with Gasteiger partial charge in [-0.3, -0.25) is 14.9 Å². The van der Waals surface area contributed by atoms with Crippen LogP contribution in [0.25, 0.3) is 11.3 Å². The van der Waals surface area contributed by atoms with E-state index in [2.05, 4.69) is 15.3 Å². The third-order valence-corrected chi connectivity index (χ3v) is 5.84. The number of non-ortho nitro benzene ring substituents is 1. The quantitative estimate of drug-likeness (QED) is 0.113. The SMILES string of the molecule is CCOc1ccc(Oc2cc(NC(=O)CSc3nc(C)cc(-c4ccccc4)n3)cc([N+](=O)[O-])c2)cc1. The second-order valence-electron chi connectivity index (χ2n) is 7.86. The van der Waals surface area contributed by atoms with Crippen LogP contribution in [0.1, 0.15) is 12.6 Å². The maximum atomic E-state index is 12.7. The first-order valence-electron chi connectivity index (χ1n) is 11.4. The standard InChI is InChI=1S/C27H24N4O5S/c1-3-35-22-9-11-23(12-10-22)36-24-15-20(14-21(16-24)31(33)34)29-26(32)17-37-27-28-18(2)13-25(30-27)19-7-5-4-6-8-19/h4-16H,3,17H2,1-2H3,(H,29,32). The van der Waals surface area contributed by atoms with E-state index in [-0.39, 0.29) is 28.8 Å². The lowest BCUT2D eigenvalue weighted by Crippen LogP contribution is -2.14. The number of rotatable bonds is 10. The van der Waals surface area contributed by atoms with Crippen LogP contribution in [-0.2, 0) is 4.79 Å². The summed E-state index contributed by atoms with van der Waals surface area (Å²) in [6.07, 6.45) is 0. The summed E-state index contributed by atoms with van der Waals surface area (Å²) in [5.41, 5.74) is 2.55. The molecule has 0 aliphatic carbocycles. The number of hydrogen-bond donors (Lipinski definition) is 1. The molecule has 4 rings (SSSR count). The second-order valence-corrected chi connectivity index (χ2v) is 8.80. The molecule has 0 radical (unpaired) electrons. The lowest BCUT2D eigenvalue weighted by atomic mass is 10.1. The molecule has 10 heteroatoms. The van der Waals surface area contributed by atoms with Crippen LogP contribution in [0.5, 0.6) is 17.2 Å². The average Bonchev–Trinajstić information content (AvgIpc) is 2.89. The van der Waals surface area contributed by atoms with E-state index in [9.17, 15) is 14.9 Å². The molecule has 3 aromatic carbocycles. The maximum absolute atomic E-state index is 12.7. The topological polar surface area (TPSA) is 116 Å². The number of nitrogens with one attached hydrogen (secondary N) is 1. The van der Waals surface area contributed by atoms with E-state index in [0.29, 0.717) is 23.3 Å².